The molecule has 0 aliphatic heterocycles. The zero-order valence-electron chi connectivity index (χ0n) is 14.4. The van der Waals surface area contributed by atoms with Gasteiger partial charge >= 0.3 is 0 Å². The third kappa shape index (κ3) is 3.07. The molecule has 5 nitrogen and oxygen atoms in total. The van der Waals surface area contributed by atoms with Crippen LogP contribution in [0, 0.1) is 6.92 Å². The van der Waals surface area contributed by atoms with Crippen molar-refractivity contribution >= 4 is 16.9 Å². The number of imidazole rings is 1. The number of nitrogens with zero attached hydrogens (tertiary/aromatic N) is 3. The standard InChI is InChI=1S/C21H18N4O/c1-15-12-22-11-10-18(15)21(26)23-13-16-6-8-17(9-7-16)25-14-24-19-4-2-3-5-20(19)25/h2-12,14H,13H2,1H3,(H,23,26). The van der Waals surface area contributed by atoms with Crippen LogP contribution in [0.25, 0.3) is 16.7 Å². The minimum atomic E-state index is -0.0884. The number of amides is 1. The summed E-state index contributed by atoms with van der Waals surface area (Å²) in [6.07, 6.45) is 5.15. The normalized spacial score (nSPS) is 10.8. The number of rotatable bonds is 4. The van der Waals surface area contributed by atoms with E-state index in [1.165, 1.54) is 0 Å². The van der Waals surface area contributed by atoms with Crippen LogP contribution >= 0.6 is 0 Å². The summed E-state index contributed by atoms with van der Waals surface area (Å²) in [4.78, 5) is 20.7. The van der Waals surface area contributed by atoms with Gasteiger partial charge in [0.15, 0.2) is 0 Å². The number of pyridine rings is 1. The number of benzene rings is 2. The van der Waals surface area contributed by atoms with Gasteiger partial charge in [0.2, 0.25) is 0 Å². The fraction of sp³-hybridized carbons (Fsp3) is 0.0952. The summed E-state index contributed by atoms with van der Waals surface area (Å²) < 4.78 is 2.05. The lowest BCUT2D eigenvalue weighted by molar-refractivity contribution is 0.0950. The number of carbonyl (C=O) groups is 1. The number of hydrogen-bond donors (Lipinski definition) is 1. The first-order chi connectivity index (χ1) is 12.7. The molecule has 5 heteroatoms. The van der Waals surface area contributed by atoms with Crippen LogP contribution in [0.2, 0.25) is 0 Å². The Kier molecular flexibility index (Phi) is 4.19. The average molecular weight is 342 g/mol. The molecule has 1 amide bonds. The lowest BCUT2D eigenvalue weighted by atomic mass is 10.1. The number of aryl methyl sites for hydroxylation is 1. The van der Waals surface area contributed by atoms with E-state index in [1.54, 1.807) is 18.5 Å². The van der Waals surface area contributed by atoms with Gasteiger partial charge in [-0.15, -0.1) is 0 Å². The molecule has 0 bridgehead atoms. The van der Waals surface area contributed by atoms with E-state index in [-0.39, 0.29) is 5.91 Å². The van der Waals surface area contributed by atoms with Gasteiger partial charge in [-0.3, -0.25) is 14.3 Å². The number of nitrogens with one attached hydrogen (secondary N) is 1. The van der Waals surface area contributed by atoms with E-state index in [9.17, 15) is 4.79 Å². The topological polar surface area (TPSA) is 59.8 Å². The lowest BCUT2D eigenvalue weighted by Gasteiger charge is -2.09. The Morgan fingerprint density at radius 1 is 1.08 bits per heavy atom. The molecule has 0 saturated carbocycles. The quantitative estimate of drug-likeness (QED) is 0.616. The van der Waals surface area contributed by atoms with Gasteiger partial charge < -0.3 is 5.32 Å². The van der Waals surface area contributed by atoms with Crippen molar-refractivity contribution in [1.82, 2.24) is 19.9 Å². The van der Waals surface area contributed by atoms with Crippen molar-refractivity contribution in [1.29, 1.82) is 0 Å². The van der Waals surface area contributed by atoms with E-state index in [4.69, 9.17) is 0 Å². The van der Waals surface area contributed by atoms with Crippen LogP contribution in [0.15, 0.2) is 73.3 Å². The second-order valence-electron chi connectivity index (χ2n) is 6.14. The second-order valence-corrected chi connectivity index (χ2v) is 6.14. The van der Waals surface area contributed by atoms with Crippen molar-refractivity contribution in [2.75, 3.05) is 0 Å². The van der Waals surface area contributed by atoms with E-state index in [0.717, 1.165) is 27.8 Å². The Morgan fingerprint density at radius 2 is 1.88 bits per heavy atom. The molecule has 26 heavy (non-hydrogen) atoms. The highest BCUT2D eigenvalue weighted by Gasteiger charge is 2.08. The van der Waals surface area contributed by atoms with Crippen LogP contribution in [-0.4, -0.2) is 20.4 Å². The SMILES string of the molecule is Cc1cnccc1C(=O)NCc1ccc(-n2cnc3ccccc32)cc1. The molecule has 128 valence electrons. The van der Waals surface area contributed by atoms with E-state index in [2.05, 4.69) is 19.9 Å². The fourth-order valence-corrected chi connectivity index (χ4v) is 2.95. The third-order valence-electron chi connectivity index (χ3n) is 4.39. The number of fused-ring (bicyclic) bond motifs is 1. The van der Waals surface area contributed by atoms with Crippen LogP contribution in [0.1, 0.15) is 21.5 Å². The Morgan fingerprint density at radius 3 is 2.69 bits per heavy atom. The lowest BCUT2D eigenvalue weighted by Crippen LogP contribution is -2.23. The number of para-hydroxylation sites is 2. The van der Waals surface area contributed by atoms with Crippen LogP contribution in [0.3, 0.4) is 0 Å². The van der Waals surface area contributed by atoms with Crippen molar-refractivity contribution in [2.45, 2.75) is 13.5 Å². The number of aromatic nitrogens is 3. The first kappa shape index (κ1) is 16.0. The minimum absolute atomic E-state index is 0.0884. The molecule has 2 heterocycles. The summed E-state index contributed by atoms with van der Waals surface area (Å²) in [5, 5.41) is 2.95. The van der Waals surface area contributed by atoms with Gasteiger partial charge in [0.05, 0.1) is 11.0 Å². The minimum Gasteiger partial charge on any atom is -0.348 e. The average Bonchev–Trinajstić information content (AvgIpc) is 3.11. The highest BCUT2D eigenvalue weighted by Crippen LogP contribution is 2.18. The monoisotopic (exact) mass is 342 g/mol. The molecule has 0 aliphatic carbocycles. The second kappa shape index (κ2) is 6.80. The molecule has 0 saturated heterocycles. The van der Waals surface area contributed by atoms with E-state index in [1.807, 2.05) is 61.8 Å². The molecule has 2 aromatic heterocycles. The summed E-state index contributed by atoms with van der Waals surface area (Å²) in [7, 11) is 0. The van der Waals surface area contributed by atoms with Gasteiger partial charge in [0.1, 0.15) is 6.33 Å². The molecule has 0 unspecified atom stereocenters. The van der Waals surface area contributed by atoms with Gasteiger partial charge in [-0.05, 0) is 48.4 Å². The summed E-state index contributed by atoms with van der Waals surface area (Å²) in [6.45, 7) is 2.36. The Labute approximate surface area is 151 Å². The van der Waals surface area contributed by atoms with Gasteiger partial charge in [-0.2, -0.15) is 0 Å². The van der Waals surface area contributed by atoms with Gasteiger partial charge in [-0.1, -0.05) is 24.3 Å². The Balaban J connectivity index is 1.48. The zero-order valence-corrected chi connectivity index (χ0v) is 14.4. The third-order valence-corrected chi connectivity index (χ3v) is 4.39. The largest absolute Gasteiger partial charge is 0.348 e. The predicted octanol–water partition coefficient (Wildman–Crippen LogP) is 3.66. The number of carbonyl (C=O) groups excluding carboxylic acids is 1. The van der Waals surface area contributed by atoms with Crippen molar-refractivity contribution in [3.63, 3.8) is 0 Å². The molecule has 4 aromatic rings. The van der Waals surface area contributed by atoms with E-state index < -0.39 is 0 Å². The maximum absolute atomic E-state index is 12.3. The fourth-order valence-electron chi connectivity index (χ4n) is 2.95. The van der Waals surface area contributed by atoms with E-state index >= 15 is 0 Å². The zero-order chi connectivity index (χ0) is 17.9. The smallest absolute Gasteiger partial charge is 0.251 e. The van der Waals surface area contributed by atoms with Crippen molar-refractivity contribution < 1.29 is 4.79 Å². The predicted molar refractivity (Wildman–Crippen MR) is 101 cm³/mol. The first-order valence-corrected chi connectivity index (χ1v) is 8.42. The maximum Gasteiger partial charge on any atom is 0.251 e. The highest BCUT2D eigenvalue weighted by atomic mass is 16.1. The summed E-state index contributed by atoms with van der Waals surface area (Å²) in [5.41, 5.74) is 5.64. The van der Waals surface area contributed by atoms with Gasteiger partial charge in [-0.25, -0.2) is 4.98 Å². The molecule has 0 aliphatic rings. The van der Waals surface area contributed by atoms with Crippen molar-refractivity contribution in [3.05, 3.63) is 90.0 Å². The van der Waals surface area contributed by atoms with Crippen LogP contribution < -0.4 is 5.32 Å². The van der Waals surface area contributed by atoms with E-state index in [0.29, 0.717) is 12.1 Å². The van der Waals surface area contributed by atoms with Crippen molar-refractivity contribution in [2.24, 2.45) is 0 Å². The molecule has 0 fully saturated rings. The van der Waals surface area contributed by atoms with Crippen LogP contribution in [-0.2, 0) is 6.54 Å². The maximum atomic E-state index is 12.3. The van der Waals surface area contributed by atoms with Crippen LogP contribution in [0.4, 0.5) is 0 Å². The Bertz CT molecular complexity index is 1070. The van der Waals surface area contributed by atoms with Gasteiger partial charge in [0.25, 0.3) is 5.91 Å². The molecular formula is C21H18N4O. The van der Waals surface area contributed by atoms with Crippen LogP contribution in [0.5, 0.6) is 0 Å². The molecule has 1 N–H and O–H groups in total. The molecule has 0 radical (unpaired) electrons. The summed E-state index contributed by atoms with van der Waals surface area (Å²) in [5.74, 6) is -0.0884. The first-order valence-electron chi connectivity index (χ1n) is 8.42. The summed E-state index contributed by atoms with van der Waals surface area (Å²) in [6, 6.07) is 17.9. The highest BCUT2D eigenvalue weighted by molar-refractivity contribution is 5.95. The molecule has 4 rings (SSSR count). The molecular weight excluding hydrogens is 324 g/mol. The summed E-state index contributed by atoms with van der Waals surface area (Å²) >= 11 is 0. The van der Waals surface area contributed by atoms with Crippen molar-refractivity contribution in [3.8, 4) is 5.69 Å². The molecule has 2 aromatic carbocycles. The number of hydrogen-bond acceptors (Lipinski definition) is 3. The molecule has 0 spiro atoms. The van der Waals surface area contributed by atoms with Gasteiger partial charge in [0, 0.05) is 30.2 Å². The Hall–Kier alpha value is -3.47. The molecule has 0 atom stereocenters.